The van der Waals surface area contributed by atoms with Crippen molar-refractivity contribution in [3.63, 3.8) is 0 Å². The quantitative estimate of drug-likeness (QED) is 0.812. The van der Waals surface area contributed by atoms with Crippen LogP contribution in [0.2, 0.25) is 0 Å². The van der Waals surface area contributed by atoms with Crippen LogP contribution in [0.4, 0.5) is 5.69 Å². The number of ether oxygens (including phenoxy) is 1. The topological polar surface area (TPSA) is 35.2 Å². The van der Waals surface area contributed by atoms with Gasteiger partial charge >= 0.3 is 0 Å². The number of hydrogen-bond acceptors (Lipinski definition) is 2. The molecule has 2 aromatic rings. The molecule has 0 bridgehead atoms. The molecule has 0 aromatic heterocycles. The van der Waals surface area contributed by atoms with Gasteiger partial charge in [0.25, 0.3) is 0 Å². The van der Waals surface area contributed by atoms with Crippen LogP contribution < -0.4 is 10.5 Å². The highest BCUT2D eigenvalue weighted by atomic mass is 16.5. The summed E-state index contributed by atoms with van der Waals surface area (Å²) in [4.78, 5) is 0. The SMILES string of the molecule is CCc1ccccc1OCc1ccccc1N. The maximum absolute atomic E-state index is 5.88. The first-order chi connectivity index (χ1) is 8.31. The van der Waals surface area contributed by atoms with Crippen LogP contribution in [0.5, 0.6) is 5.75 Å². The number of hydrogen-bond donors (Lipinski definition) is 1. The zero-order valence-electron chi connectivity index (χ0n) is 10.0. The Labute approximate surface area is 102 Å². The second-order valence-corrected chi connectivity index (χ2v) is 3.95. The molecule has 0 saturated heterocycles. The molecule has 2 rings (SSSR count). The minimum absolute atomic E-state index is 0.518. The molecule has 0 radical (unpaired) electrons. The van der Waals surface area contributed by atoms with Crippen molar-refractivity contribution in [2.75, 3.05) is 5.73 Å². The molecule has 0 atom stereocenters. The second kappa shape index (κ2) is 5.39. The van der Waals surface area contributed by atoms with Gasteiger partial charge in [0, 0.05) is 11.3 Å². The molecule has 2 heteroatoms. The molecule has 2 nitrogen and oxygen atoms in total. The first kappa shape index (κ1) is 11.5. The lowest BCUT2D eigenvalue weighted by Crippen LogP contribution is -2.01. The van der Waals surface area contributed by atoms with Crippen LogP contribution in [0.3, 0.4) is 0 Å². The average molecular weight is 227 g/mol. The molecule has 0 saturated carbocycles. The summed E-state index contributed by atoms with van der Waals surface area (Å²) in [6.45, 7) is 2.64. The zero-order chi connectivity index (χ0) is 12.1. The summed E-state index contributed by atoms with van der Waals surface area (Å²) in [7, 11) is 0. The van der Waals surface area contributed by atoms with Crippen molar-refractivity contribution >= 4 is 5.69 Å². The van der Waals surface area contributed by atoms with Crippen LogP contribution >= 0.6 is 0 Å². The predicted molar refractivity (Wildman–Crippen MR) is 71.0 cm³/mol. The van der Waals surface area contributed by atoms with Crippen molar-refractivity contribution in [2.45, 2.75) is 20.0 Å². The summed E-state index contributed by atoms with van der Waals surface area (Å²) >= 11 is 0. The highest BCUT2D eigenvalue weighted by molar-refractivity contribution is 5.46. The van der Waals surface area contributed by atoms with E-state index in [9.17, 15) is 0 Å². The monoisotopic (exact) mass is 227 g/mol. The predicted octanol–water partition coefficient (Wildman–Crippen LogP) is 3.41. The molecular weight excluding hydrogens is 210 g/mol. The largest absolute Gasteiger partial charge is 0.489 e. The molecule has 0 fully saturated rings. The van der Waals surface area contributed by atoms with Gasteiger partial charge in [0.15, 0.2) is 0 Å². The van der Waals surface area contributed by atoms with Crippen molar-refractivity contribution in [1.82, 2.24) is 0 Å². The number of rotatable bonds is 4. The lowest BCUT2D eigenvalue weighted by atomic mass is 10.1. The molecule has 0 spiro atoms. The smallest absolute Gasteiger partial charge is 0.122 e. The maximum Gasteiger partial charge on any atom is 0.122 e. The van der Waals surface area contributed by atoms with Crippen molar-refractivity contribution in [2.24, 2.45) is 0 Å². The van der Waals surface area contributed by atoms with E-state index in [0.29, 0.717) is 6.61 Å². The van der Waals surface area contributed by atoms with Gasteiger partial charge in [-0.1, -0.05) is 43.3 Å². The van der Waals surface area contributed by atoms with Gasteiger partial charge in [-0.05, 0) is 24.1 Å². The van der Waals surface area contributed by atoms with Crippen molar-refractivity contribution in [3.8, 4) is 5.75 Å². The molecular formula is C15H17NO. The normalized spacial score (nSPS) is 10.2. The Morgan fingerprint density at radius 1 is 0.941 bits per heavy atom. The van der Waals surface area contributed by atoms with Gasteiger partial charge in [-0.15, -0.1) is 0 Å². The molecule has 0 unspecified atom stereocenters. The van der Waals surface area contributed by atoms with Gasteiger partial charge in [-0.3, -0.25) is 0 Å². The van der Waals surface area contributed by atoms with Crippen molar-refractivity contribution < 1.29 is 4.74 Å². The average Bonchev–Trinajstić information content (AvgIpc) is 2.38. The van der Waals surface area contributed by atoms with Crippen molar-refractivity contribution in [3.05, 3.63) is 59.7 Å². The van der Waals surface area contributed by atoms with E-state index in [-0.39, 0.29) is 0 Å². The molecule has 2 aromatic carbocycles. The summed E-state index contributed by atoms with van der Waals surface area (Å²) in [5.41, 5.74) is 8.90. The fraction of sp³-hybridized carbons (Fsp3) is 0.200. The third kappa shape index (κ3) is 2.78. The molecule has 17 heavy (non-hydrogen) atoms. The van der Waals surface area contributed by atoms with Crippen LogP contribution in [0.25, 0.3) is 0 Å². The van der Waals surface area contributed by atoms with Crippen LogP contribution in [0, 0.1) is 0 Å². The Hall–Kier alpha value is -1.96. The van der Waals surface area contributed by atoms with E-state index in [0.717, 1.165) is 23.4 Å². The number of anilines is 1. The lowest BCUT2D eigenvalue weighted by Gasteiger charge is -2.11. The van der Waals surface area contributed by atoms with Gasteiger partial charge in [-0.25, -0.2) is 0 Å². The van der Waals surface area contributed by atoms with Crippen molar-refractivity contribution in [1.29, 1.82) is 0 Å². The number of nitrogen functional groups attached to an aromatic ring is 1. The lowest BCUT2D eigenvalue weighted by molar-refractivity contribution is 0.304. The molecule has 2 N–H and O–H groups in total. The molecule has 0 aliphatic rings. The molecule has 0 amide bonds. The highest BCUT2D eigenvalue weighted by Gasteiger charge is 2.02. The van der Waals surface area contributed by atoms with E-state index in [4.69, 9.17) is 10.5 Å². The fourth-order valence-electron chi connectivity index (χ4n) is 1.76. The maximum atomic E-state index is 5.88. The molecule has 0 heterocycles. The van der Waals surface area contributed by atoms with Crippen LogP contribution in [-0.4, -0.2) is 0 Å². The summed E-state index contributed by atoms with van der Waals surface area (Å²) in [5.74, 6) is 0.943. The third-order valence-electron chi connectivity index (χ3n) is 2.79. The Bertz CT molecular complexity index is 494. The number of para-hydroxylation sites is 2. The summed E-state index contributed by atoms with van der Waals surface area (Å²) < 4.78 is 5.81. The summed E-state index contributed by atoms with van der Waals surface area (Å²) in [5, 5.41) is 0. The minimum atomic E-state index is 0.518. The van der Waals surface area contributed by atoms with Gasteiger partial charge in [-0.2, -0.15) is 0 Å². The first-order valence-electron chi connectivity index (χ1n) is 5.85. The van der Waals surface area contributed by atoms with E-state index in [1.807, 2.05) is 42.5 Å². The zero-order valence-corrected chi connectivity index (χ0v) is 10.0. The number of aryl methyl sites for hydroxylation is 1. The first-order valence-corrected chi connectivity index (χ1v) is 5.85. The van der Waals surface area contributed by atoms with E-state index in [2.05, 4.69) is 13.0 Å². The molecule has 0 aliphatic heterocycles. The Morgan fingerprint density at radius 3 is 2.29 bits per heavy atom. The van der Waals surface area contributed by atoms with Gasteiger partial charge in [0.1, 0.15) is 12.4 Å². The van der Waals surface area contributed by atoms with Crippen LogP contribution in [-0.2, 0) is 13.0 Å². The summed E-state index contributed by atoms with van der Waals surface area (Å²) in [6, 6.07) is 15.9. The third-order valence-corrected chi connectivity index (χ3v) is 2.79. The van der Waals surface area contributed by atoms with Crippen LogP contribution in [0.15, 0.2) is 48.5 Å². The Balaban J connectivity index is 2.10. The van der Waals surface area contributed by atoms with Gasteiger partial charge < -0.3 is 10.5 Å². The van der Waals surface area contributed by atoms with E-state index in [1.165, 1.54) is 5.56 Å². The Morgan fingerprint density at radius 2 is 1.59 bits per heavy atom. The standard InChI is InChI=1S/C15H17NO/c1-2-12-7-4-6-10-15(12)17-11-13-8-3-5-9-14(13)16/h3-10H,2,11,16H2,1H3. The molecule has 0 aliphatic carbocycles. The Kier molecular flexibility index (Phi) is 3.66. The van der Waals surface area contributed by atoms with E-state index in [1.54, 1.807) is 0 Å². The molecule has 88 valence electrons. The fourth-order valence-corrected chi connectivity index (χ4v) is 1.76. The van der Waals surface area contributed by atoms with Gasteiger partial charge in [0.05, 0.1) is 0 Å². The highest BCUT2D eigenvalue weighted by Crippen LogP contribution is 2.21. The van der Waals surface area contributed by atoms with E-state index >= 15 is 0 Å². The second-order valence-electron chi connectivity index (χ2n) is 3.95. The summed E-state index contributed by atoms with van der Waals surface area (Å²) in [6.07, 6.45) is 0.973. The number of nitrogens with two attached hydrogens (primary N) is 1. The number of benzene rings is 2. The van der Waals surface area contributed by atoms with Gasteiger partial charge in [0.2, 0.25) is 0 Å². The van der Waals surface area contributed by atoms with E-state index < -0.39 is 0 Å². The van der Waals surface area contributed by atoms with Crippen LogP contribution in [0.1, 0.15) is 18.1 Å². The minimum Gasteiger partial charge on any atom is -0.489 e.